The number of aromatic carboxylic acids is 1. The van der Waals surface area contributed by atoms with E-state index >= 15 is 0 Å². The maximum atomic E-state index is 13.5. The number of carboxylic acid groups (broad SMARTS) is 1. The molecule has 0 unspecified atom stereocenters. The highest BCUT2D eigenvalue weighted by Crippen LogP contribution is 2.13. The standard InChI is InChI=1S/C16H13FO4S/c17-15-4-2-1-3-14(15)11-22(20,21)10-9-12-5-7-13(8-6-12)16(18)19/h1-10H,11H2,(H,18,19). The van der Waals surface area contributed by atoms with Crippen LogP contribution in [0.5, 0.6) is 0 Å². The molecule has 2 aromatic carbocycles. The van der Waals surface area contributed by atoms with Gasteiger partial charge in [-0.25, -0.2) is 17.6 Å². The second-order valence-electron chi connectivity index (χ2n) is 4.63. The Morgan fingerprint density at radius 3 is 2.32 bits per heavy atom. The molecule has 0 spiro atoms. The number of carbonyl (C=O) groups is 1. The SMILES string of the molecule is O=C(O)c1ccc(C=CS(=O)(=O)Cc2ccccc2F)cc1. The molecule has 0 aliphatic carbocycles. The van der Waals surface area contributed by atoms with E-state index < -0.39 is 27.4 Å². The van der Waals surface area contributed by atoms with E-state index in [0.29, 0.717) is 5.56 Å². The Kier molecular flexibility index (Phi) is 4.72. The molecule has 0 aromatic heterocycles. The minimum atomic E-state index is -3.62. The summed E-state index contributed by atoms with van der Waals surface area (Å²) in [4.78, 5) is 10.7. The Balaban J connectivity index is 2.14. The molecule has 0 bridgehead atoms. The number of hydrogen-bond acceptors (Lipinski definition) is 3. The van der Waals surface area contributed by atoms with E-state index in [1.807, 2.05) is 0 Å². The monoisotopic (exact) mass is 320 g/mol. The van der Waals surface area contributed by atoms with Crippen LogP contribution in [0.25, 0.3) is 6.08 Å². The third kappa shape index (κ3) is 4.26. The van der Waals surface area contributed by atoms with Gasteiger partial charge in [0.2, 0.25) is 0 Å². The number of rotatable bonds is 5. The van der Waals surface area contributed by atoms with E-state index in [4.69, 9.17) is 5.11 Å². The predicted octanol–water partition coefficient (Wildman–Crippen LogP) is 3.11. The summed E-state index contributed by atoms with van der Waals surface area (Å²) >= 11 is 0. The lowest BCUT2D eigenvalue weighted by atomic mass is 10.1. The van der Waals surface area contributed by atoms with Crippen molar-refractivity contribution in [2.24, 2.45) is 0 Å². The zero-order valence-corrected chi connectivity index (χ0v) is 12.3. The molecule has 4 nitrogen and oxygen atoms in total. The summed E-state index contributed by atoms with van der Waals surface area (Å²) in [5.41, 5.74) is 0.766. The largest absolute Gasteiger partial charge is 0.478 e. The van der Waals surface area contributed by atoms with Gasteiger partial charge in [0.1, 0.15) is 5.82 Å². The first-order valence-electron chi connectivity index (χ1n) is 6.35. The summed E-state index contributed by atoms with van der Waals surface area (Å²) in [6.45, 7) is 0. The van der Waals surface area contributed by atoms with Crippen LogP contribution in [0.1, 0.15) is 21.5 Å². The van der Waals surface area contributed by atoms with Crippen molar-refractivity contribution < 1.29 is 22.7 Å². The van der Waals surface area contributed by atoms with Crippen LogP contribution in [0.15, 0.2) is 53.9 Å². The molecule has 0 atom stereocenters. The maximum Gasteiger partial charge on any atom is 0.335 e. The smallest absolute Gasteiger partial charge is 0.335 e. The molecular weight excluding hydrogens is 307 g/mol. The summed E-state index contributed by atoms with van der Waals surface area (Å²) in [6.07, 6.45) is 1.35. The van der Waals surface area contributed by atoms with Gasteiger partial charge in [0.25, 0.3) is 0 Å². The molecular formula is C16H13FO4S. The maximum absolute atomic E-state index is 13.5. The van der Waals surface area contributed by atoms with Gasteiger partial charge in [-0.2, -0.15) is 0 Å². The van der Waals surface area contributed by atoms with E-state index in [9.17, 15) is 17.6 Å². The van der Waals surface area contributed by atoms with Crippen LogP contribution in [0.4, 0.5) is 4.39 Å². The Morgan fingerprint density at radius 1 is 1.09 bits per heavy atom. The topological polar surface area (TPSA) is 71.4 Å². The molecule has 6 heteroatoms. The number of halogens is 1. The summed E-state index contributed by atoms with van der Waals surface area (Å²) in [6, 6.07) is 11.4. The van der Waals surface area contributed by atoms with Crippen molar-refractivity contribution in [3.05, 3.63) is 76.4 Å². The Morgan fingerprint density at radius 2 is 1.73 bits per heavy atom. The van der Waals surface area contributed by atoms with Crippen molar-refractivity contribution in [3.8, 4) is 0 Å². The van der Waals surface area contributed by atoms with E-state index in [0.717, 1.165) is 5.41 Å². The highest BCUT2D eigenvalue weighted by atomic mass is 32.2. The summed E-state index contributed by atoms with van der Waals surface area (Å²) in [5, 5.41) is 9.77. The summed E-state index contributed by atoms with van der Waals surface area (Å²) in [5.74, 6) is -2.04. The van der Waals surface area contributed by atoms with Crippen molar-refractivity contribution in [1.82, 2.24) is 0 Å². The molecule has 0 saturated carbocycles. The van der Waals surface area contributed by atoms with Crippen LogP contribution in [0.2, 0.25) is 0 Å². The lowest BCUT2D eigenvalue weighted by Gasteiger charge is -2.01. The second kappa shape index (κ2) is 6.53. The number of hydrogen-bond donors (Lipinski definition) is 1. The third-order valence-corrected chi connectivity index (χ3v) is 4.20. The van der Waals surface area contributed by atoms with Gasteiger partial charge in [0.05, 0.1) is 11.3 Å². The number of sulfone groups is 1. The zero-order valence-electron chi connectivity index (χ0n) is 11.4. The molecule has 1 N–H and O–H groups in total. The van der Waals surface area contributed by atoms with Crippen molar-refractivity contribution in [2.45, 2.75) is 5.75 Å². The van der Waals surface area contributed by atoms with Gasteiger partial charge in [0.15, 0.2) is 9.84 Å². The van der Waals surface area contributed by atoms with Crippen molar-refractivity contribution in [3.63, 3.8) is 0 Å². The summed E-state index contributed by atoms with van der Waals surface area (Å²) in [7, 11) is -3.62. The van der Waals surface area contributed by atoms with E-state index in [1.165, 1.54) is 48.5 Å². The molecule has 22 heavy (non-hydrogen) atoms. The van der Waals surface area contributed by atoms with Crippen molar-refractivity contribution >= 4 is 21.9 Å². The molecule has 0 saturated heterocycles. The molecule has 0 heterocycles. The van der Waals surface area contributed by atoms with Crippen molar-refractivity contribution in [2.75, 3.05) is 0 Å². The average Bonchev–Trinajstić information content (AvgIpc) is 2.48. The minimum Gasteiger partial charge on any atom is -0.478 e. The van der Waals surface area contributed by atoms with Crippen molar-refractivity contribution in [1.29, 1.82) is 0 Å². The Bertz CT molecular complexity index is 808. The first kappa shape index (κ1) is 15.9. The highest BCUT2D eigenvalue weighted by Gasteiger charge is 2.11. The predicted molar refractivity (Wildman–Crippen MR) is 81.5 cm³/mol. The first-order valence-corrected chi connectivity index (χ1v) is 8.06. The quantitative estimate of drug-likeness (QED) is 0.919. The molecule has 114 valence electrons. The van der Waals surface area contributed by atoms with Gasteiger partial charge in [-0.1, -0.05) is 30.3 Å². The van der Waals surface area contributed by atoms with E-state index in [1.54, 1.807) is 6.07 Å². The number of carboxylic acids is 1. The van der Waals surface area contributed by atoms with Gasteiger partial charge < -0.3 is 5.11 Å². The third-order valence-electron chi connectivity index (χ3n) is 2.94. The molecule has 0 fully saturated rings. The van der Waals surface area contributed by atoms with E-state index in [-0.39, 0.29) is 11.1 Å². The first-order chi connectivity index (χ1) is 10.4. The van der Waals surface area contributed by atoms with Gasteiger partial charge in [-0.3, -0.25) is 0 Å². The van der Waals surface area contributed by atoms with Crippen LogP contribution in [-0.4, -0.2) is 19.5 Å². The van der Waals surface area contributed by atoms with E-state index in [2.05, 4.69) is 0 Å². The Labute approximate surface area is 127 Å². The van der Waals surface area contributed by atoms with Gasteiger partial charge in [-0.15, -0.1) is 0 Å². The fourth-order valence-corrected chi connectivity index (χ4v) is 2.93. The fourth-order valence-electron chi connectivity index (χ4n) is 1.80. The fraction of sp³-hybridized carbons (Fsp3) is 0.0625. The Hall–Kier alpha value is -2.47. The molecule has 2 rings (SSSR count). The lowest BCUT2D eigenvalue weighted by molar-refractivity contribution is 0.0697. The molecule has 2 aromatic rings. The van der Waals surface area contributed by atoms with Gasteiger partial charge in [-0.05, 0) is 29.8 Å². The molecule has 0 radical (unpaired) electrons. The zero-order chi connectivity index (χ0) is 16.2. The van der Waals surface area contributed by atoms with Crippen LogP contribution in [0, 0.1) is 5.82 Å². The molecule has 0 amide bonds. The average molecular weight is 320 g/mol. The molecule has 0 aliphatic heterocycles. The van der Waals surface area contributed by atoms with Crippen LogP contribution in [0.3, 0.4) is 0 Å². The van der Waals surface area contributed by atoms with Crippen LogP contribution >= 0.6 is 0 Å². The van der Waals surface area contributed by atoms with Gasteiger partial charge >= 0.3 is 5.97 Å². The minimum absolute atomic E-state index is 0.105. The molecule has 0 aliphatic rings. The summed E-state index contributed by atoms with van der Waals surface area (Å²) < 4.78 is 37.4. The second-order valence-corrected chi connectivity index (χ2v) is 6.52. The number of benzene rings is 2. The van der Waals surface area contributed by atoms with Crippen LogP contribution in [-0.2, 0) is 15.6 Å². The van der Waals surface area contributed by atoms with Crippen LogP contribution < -0.4 is 0 Å². The van der Waals surface area contributed by atoms with Gasteiger partial charge in [0, 0.05) is 11.0 Å². The highest BCUT2D eigenvalue weighted by molar-refractivity contribution is 7.93. The lowest BCUT2D eigenvalue weighted by Crippen LogP contribution is -2.02. The normalized spacial score (nSPS) is 11.7.